The predicted molar refractivity (Wildman–Crippen MR) is 134 cm³/mol. The summed E-state index contributed by atoms with van der Waals surface area (Å²) in [5, 5.41) is 12.3. The van der Waals surface area contributed by atoms with Crippen molar-refractivity contribution in [1.29, 1.82) is 0 Å². The third kappa shape index (κ3) is 6.16. The Balaban J connectivity index is 1.64. The summed E-state index contributed by atoms with van der Waals surface area (Å²) in [6, 6.07) is 17.6. The number of nitrogens with one attached hydrogen (secondary N) is 1. The Morgan fingerprint density at radius 3 is 2.42 bits per heavy atom. The minimum atomic E-state index is -1.12. The number of benzene rings is 2. The van der Waals surface area contributed by atoms with Crippen LogP contribution in [-0.2, 0) is 17.9 Å². The highest BCUT2D eigenvalue weighted by Gasteiger charge is 2.15. The molecule has 0 aliphatic rings. The van der Waals surface area contributed by atoms with Crippen molar-refractivity contribution in [3.63, 3.8) is 0 Å². The molecule has 0 aliphatic heterocycles. The second-order valence-corrected chi connectivity index (χ2v) is 8.32. The van der Waals surface area contributed by atoms with Crippen molar-refractivity contribution in [2.24, 2.45) is 0 Å². The van der Waals surface area contributed by atoms with Gasteiger partial charge in [0.25, 0.3) is 0 Å². The van der Waals surface area contributed by atoms with E-state index in [0.717, 1.165) is 15.7 Å². The summed E-state index contributed by atoms with van der Waals surface area (Å²) < 4.78 is 7.88. The van der Waals surface area contributed by atoms with Crippen LogP contribution in [0.5, 0.6) is 11.5 Å². The van der Waals surface area contributed by atoms with Crippen LogP contribution in [0.25, 0.3) is 0 Å². The molecule has 0 saturated heterocycles. The summed E-state index contributed by atoms with van der Waals surface area (Å²) in [7, 11) is 0. The van der Waals surface area contributed by atoms with Crippen LogP contribution in [-0.4, -0.2) is 30.2 Å². The molecule has 0 aliphatic carbocycles. The van der Waals surface area contributed by atoms with Crippen LogP contribution < -0.4 is 21.4 Å². The van der Waals surface area contributed by atoms with Gasteiger partial charge in [0.1, 0.15) is 16.7 Å². The van der Waals surface area contributed by atoms with Crippen molar-refractivity contribution in [1.82, 2.24) is 19.1 Å². The first-order valence-electron chi connectivity index (χ1n) is 10.9. The third-order valence-corrected chi connectivity index (χ3v) is 5.41. The number of pyridine rings is 1. The van der Waals surface area contributed by atoms with Crippen molar-refractivity contribution < 1.29 is 14.6 Å². The Bertz CT molecular complexity index is 1500. The molecule has 2 aromatic heterocycles. The lowest BCUT2D eigenvalue weighted by molar-refractivity contribution is -0.137. The molecule has 10 nitrogen and oxygen atoms in total. The van der Waals surface area contributed by atoms with E-state index in [-0.39, 0.29) is 25.5 Å². The topological polar surface area (TPSA) is 128 Å². The average Bonchev–Trinajstić information content (AvgIpc) is 2.83. The van der Waals surface area contributed by atoms with Gasteiger partial charge < -0.3 is 15.2 Å². The van der Waals surface area contributed by atoms with Crippen molar-refractivity contribution >= 4 is 29.2 Å². The fourth-order valence-electron chi connectivity index (χ4n) is 3.36. The van der Waals surface area contributed by atoms with Crippen molar-refractivity contribution in [2.75, 3.05) is 5.32 Å². The summed E-state index contributed by atoms with van der Waals surface area (Å²) >= 11 is 5.89. The van der Waals surface area contributed by atoms with Crippen LogP contribution in [0.15, 0.2) is 76.4 Å². The molecule has 0 bridgehead atoms. The molecule has 0 unspecified atom stereocenters. The number of aromatic nitrogens is 4. The Labute approximate surface area is 210 Å². The van der Waals surface area contributed by atoms with Crippen molar-refractivity contribution in [3.8, 4) is 11.5 Å². The summed E-state index contributed by atoms with van der Waals surface area (Å²) in [6.07, 6.45) is 1.16. The standard InChI is InChI=1S/C25H22ClN5O5/c1-16-2-4-17(5-3-16)15-31-23(29-24(34)30(25(31)35)13-11-22(32)33)28-18-6-8-19(9-7-18)36-20-10-12-27-21(26)14-20/h2-10,12,14H,11,13,15H2,1H3,(H,32,33)(H,28,29,34). The van der Waals surface area contributed by atoms with Gasteiger partial charge in [-0.05, 0) is 42.8 Å². The number of carboxylic acids is 1. The van der Waals surface area contributed by atoms with Gasteiger partial charge in [0.15, 0.2) is 0 Å². The molecule has 0 saturated carbocycles. The maximum atomic E-state index is 13.2. The van der Waals surface area contributed by atoms with Gasteiger partial charge in [-0.25, -0.2) is 19.1 Å². The van der Waals surface area contributed by atoms with E-state index in [1.165, 1.54) is 10.8 Å². The van der Waals surface area contributed by atoms with E-state index in [2.05, 4.69) is 15.3 Å². The minimum Gasteiger partial charge on any atom is -0.481 e. The smallest absolute Gasteiger partial charge is 0.354 e. The quantitative estimate of drug-likeness (QED) is 0.327. The molecule has 0 radical (unpaired) electrons. The fourth-order valence-corrected chi connectivity index (χ4v) is 3.53. The number of aryl methyl sites for hydroxylation is 1. The molecule has 0 fully saturated rings. The number of aliphatic carboxylic acids is 1. The van der Waals surface area contributed by atoms with Crippen molar-refractivity contribution in [3.05, 3.63) is 104 Å². The summed E-state index contributed by atoms with van der Waals surface area (Å²) in [5.41, 5.74) is 0.940. The molecule has 4 rings (SSSR count). The number of hydrogen-bond donors (Lipinski definition) is 2. The van der Waals surface area contributed by atoms with E-state index in [0.29, 0.717) is 22.3 Å². The maximum Gasteiger partial charge on any atom is 0.354 e. The number of ether oxygens (including phenoxy) is 1. The number of nitrogens with zero attached hydrogens (tertiary/aromatic N) is 4. The van der Waals surface area contributed by atoms with Crippen LogP contribution in [0.2, 0.25) is 5.15 Å². The average molecular weight is 508 g/mol. The molecule has 184 valence electrons. The van der Waals surface area contributed by atoms with E-state index in [4.69, 9.17) is 21.4 Å². The number of halogens is 1. The first kappa shape index (κ1) is 24.7. The zero-order valence-corrected chi connectivity index (χ0v) is 20.0. The Hall–Kier alpha value is -4.44. The van der Waals surface area contributed by atoms with E-state index >= 15 is 0 Å². The molecule has 2 N–H and O–H groups in total. The van der Waals surface area contributed by atoms with Gasteiger partial charge in [0.2, 0.25) is 5.95 Å². The lowest BCUT2D eigenvalue weighted by Gasteiger charge is -2.16. The number of hydrogen-bond acceptors (Lipinski definition) is 7. The third-order valence-electron chi connectivity index (χ3n) is 5.20. The van der Waals surface area contributed by atoms with E-state index in [9.17, 15) is 14.4 Å². The van der Waals surface area contributed by atoms with Crippen LogP contribution in [0.4, 0.5) is 11.6 Å². The van der Waals surface area contributed by atoms with E-state index in [1.54, 1.807) is 36.4 Å². The Kier molecular flexibility index (Phi) is 7.45. The summed E-state index contributed by atoms with van der Waals surface area (Å²) in [6.45, 7) is 1.80. The van der Waals surface area contributed by atoms with Crippen LogP contribution >= 0.6 is 11.6 Å². The largest absolute Gasteiger partial charge is 0.481 e. The second-order valence-electron chi connectivity index (χ2n) is 7.93. The van der Waals surface area contributed by atoms with Crippen LogP contribution in [0.3, 0.4) is 0 Å². The van der Waals surface area contributed by atoms with Crippen molar-refractivity contribution in [2.45, 2.75) is 26.4 Å². The zero-order chi connectivity index (χ0) is 25.7. The second kappa shape index (κ2) is 10.9. The molecule has 2 heterocycles. The SMILES string of the molecule is Cc1ccc(Cn2c(Nc3ccc(Oc4ccnc(Cl)c4)cc3)nc(=O)n(CCC(=O)O)c2=O)cc1. The lowest BCUT2D eigenvalue weighted by Crippen LogP contribution is -2.43. The number of carbonyl (C=O) groups is 1. The molecule has 0 spiro atoms. The van der Waals surface area contributed by atoms with Gasteiger partial charge in [-0.15, -0.1) is 0 Å². The molecule has 0 amide bonds. The highest BCUT2D eigenvalue weighted by Crippen LogP contribution is 2.25. The van der Waals surface area contributed by atoms with Gasteiger partial charge in [0.05, 0.1) is 13.0 Å². The molecule has 4 aromatic rings. The van der Waals surface area contributed by atoms with Gasteiger partial charge in [0, 0.05) is 24.5 Å². The van der Waals surface area contributed by atoms with Crippen LogP contribution in [0.1, 0.15) is 17.5 Å². The normalized spacial score (nSPS) is 10.7. The molecule has 11 heteroatoms. The molecule has 0 atom stereocenters. The highest BCUT2D eigenvalue weighted by atomic mass is 35.5. The first-order chi connectivity index (χ1) is 17.3. The zero-order valence-electron chi connectivity index (χ0n) is 19.2. The van der Waals surface area contributed by atoms with E-state index < -0.39 is 17.3 Å². The number of carboxylic acid groups (broad SMARTS) is 1. The summed E-state index contributed by atoms with van der Waals surface area (Å²) in [5.74, 6) is -0.0251. The van der Waals surface area contributed by atoms with E-state index in [1.807, 2.05) is 31.2 Å². The molecular formula is C25H22ClN5O5. The molecule has 36 heavy (non-hydrogen) atoms. The Morgan fingerprint density at radius 2 is 1.75 bits per heavy atom. The maximum absolute atomic E-state index is 13.2. The monoisotopic (exact) mass is 507 g/mol. The lowest BCUT2D eigenvalue weighted by atomic mass is 10.1. The summed E-state index contributed by atoms with van der Waals surface area (Å²) in [4.78, 5) is 44.7. The number of anilines is 2. The fraction of sp³-hybridized carbons (Fsp3) is 0.160. The molecule has 2 aromatic carbocycles. The molecular weight excluding hydrogens is 486 g/mol. The van der Waals surface area contributed by atoms with Gasteiger partial charge in [-0.2, -0.15) is 4.98 Å². The Morgan fingerprint density at radius 1 is 1.03 bits per heavy atom. The van der Waals surface area contributed by atoms with Gasteiger partial charge >= 0.3 is 17.3 Å². The highest BCUT2D eigenvalue weighted by molar-refractivity contribution is 6.29. The van der Waals surface area contributed by atoms with Gasteiger partial charge in [-0.3, -0.25) is 9.36 Å². The number of rotatable bonds is 9. The minimum absolute atomic E-state index is 0.0340. The predicted octanol–water partition coefficient (Wildman–Crippen LogP) is 3.82. The first-order valence-corrected chi connectivity index (χ1v) is 11.3. The van der Waals surface area contributed by atoms with Crippen LogP contribution in [0, 0.1) is 6.92 Å². The van der Waals surface area contributed by atoms with Gasteiger partial charge in [-0.1, -0.05) is 41.4 Å².